The number of benzene rings is 1. The fourth-order valence-electron chi connectivity index (χ4n) is 3.81. The lowest BCUT2D eigenvalue weighted by atomic mass is 9.77. The lowest BCUT2D eigenvalue weighted by molar-refractivity contribution is 0.00578. The van der Waals surface area contributed by atoms with Crippen LogP contribution < -0.4 is 11.2 Å². The molecule has 1 atom stereocenters. The van der Waals surface area contributed by atoms with Crippen molar-refractivity contribution in [2.75, 3.05) is 5.73 Å². The Hall–Kier alpha value is -1.53. The Morgan fingerprint density at radius 2 is 1.80 bits per heavy atom. The Bertz CT molecular complexity index is 726. The van der Waals surface area contributed by atoms with Crippen LogP contribution in [0.25, 0.3) is 0 Å². The van der Waals surface area contributed by atoms with Crippen LogP contribution in [0, 0.1) is 5.92 Å². The van der Waals surface area contributed by atoms with Gasteiger partial charge in [0.25, 0.3) is 5.91 Å². The quantitative estimate of drug-likeness (QED) is 0.676. The third kappa shape index (κ3) is 2.58. The number of nitrogens with zero attached hydrogens (tertiary/aromatic N) is 1. The van der Waals surface area contributed by atoms with Crippen LogP contribution in [0.15, 0.2) is 12.1 Å². The Balaban J connectivity index is 1.64. The number of fused-ring (bicyclic) bond motifs is 1. The van der Waals surface area contributed by atoms with E-state index < -0.39 is 18.3 Å². The lowest BCUT2D eigenvalue weighted by Crippen LogP contribution is -2.41. The molecule has 1 aromatic rings. The van der Waals surface area contributed by atoms with Crippen molar-refractivity contribution in [1.29, 1.82) is 0 Å². The number of hydrogen-bond donors (Lipinski definition) is 1. The summed E-state index contributed by atoms with van der Waals surface area (Å²) < 4.78 is 12.3. The average molecular weight is 342 g/mol. The molecular weight excluding hydrogens is 315 g/mol. The van der Waals surface area contributed by atoms with Crippen molar-refractivity contribution < 1.29 is 14.1 Å². The summed E-state index contributed by atoms with van der Waals surface area (Å²) in [5, 5.41) is 0. The molecule has 1 aliphatic carbocycles. The van der Waals surface area contributed by atoms with E-state index in [1.54, 1.807) is 0 Å². The number of hydrogen-bond acceptors (Lipinski definition) is 4. The smallest absolute Gasteiger partial charge is 0.399 e. The molecule has 0 spiro atoms. The molecule has 2 heterocycles. The van der Waals surface area contributed by atoms with Gasteiger partial charge in [-0.1, -0.05) is 6.07 Å². The van der Waals surface area contributed by atoms with Gasteiger partial charge in [0.2, 0.25) is 0 Å². The second-order valence-electron chi connectivity index (χ2n) is 8.74. The van der Waals surface area contributed by atoms with E-state index in [0.29, 0.717) is 23.7 Å². The zero-order chi connectivity index (χ0) is 18.1. The van der Waals surface area contributed by atoms with Crippen LogP contribution in [-0.4, -0.2) is 35.2 Å². The van der Waals surface area contributed by atoms with Gasteiger partial charge in [-0.05, 0) is 70.5 Å². The predicted molar refractivity (Wildman–Crippen MR) is 98.6 cm³/mol. The first-order valence-electron chi connectivity index (χ1n) is 9.19. The highest BCUT2D eigenvalue weighted by Gasteiger charge is 2.52. The molecule has 0 aromatic heterocycles. The van der Waals surface area contributed by atoms with Gasteiger partial charge in [-0.25, -0.2) is 0 Å². The maximum absolute atomic E-state index is 12.8. The Labute approximate surface area is 150 Å². The summed E-state index contributed by atoms with van der Waals surface area (Å²) in [4.78, 5) is 14.8. The molecular formula is C19H27BN2O3. The van der Waals surface area contributed by atoms with Crippen molar-refractivity contribution in [1.82, 2.24) is 4.90 Å². The van der Waals surface area contributed by atoms with Gasteiger partial charge >= 0.3 is 7.12 Å². The highest BCUT2D eigenvalue weighted by molar-refractivity contribution is 6.62. The number of carbonyl (C=O) groups is 1. The van der Waals surface area contributed by atoms with Crippen molar-refractivity contribution >= 4 is 24.2 Å². The molecule has 0 radical (unpaired) electrons. The standard InChI is InChI=1S/C19H27BN2O3/c1-11(12-6-7-12)22-10-13-8-14(9-15(21)16(13)17(22)23)20-24-18(2,3)19(4,5)25-20/h8-9,11-12H,6-7,10,21H2,1-5H3. The Morgan fingerprint density at radius 1 is 1.20 bits per heavy atom. The molecule has 1 amide bonds. The van der Waals surface area contributed by atoms with Gasteiger partial charge in [-0.3, -0.25) is 4.79 Å². The molecule has 2 aliphatic heterocycles. The maximum Gasteiger partial charge on any atom is 0.494 e. The van der Waals surface area contributed by atoms with E-state index in [1.165, 1.54) is 12.8 Å². The first-order chi connectivity index (χ1) is 11.6. The van der Waals surface area contributed by atoms with E-state index >= 15 is 0 Å². The van der Waals surface area contributed by atoms with Crippen LogP contribution in [-0.2, 0) is 15.9 Å². The lowest BCUT2D eigenvalue weighted by Gasteiger charge is -2.32. The van der Waals surface area contributed by atoms with E-state index in [-0.39, 0.29) is 11.9 Å². The summed E-state index contributed by atoms with van der Waals surface area (Å²) in [6, 6.07) is 4.15. The Kier molecular flexibility index (Phi) is 3.55. The minimum Gasteiger partial charge on any atom is -0.399 e. The molecule has 6 heteroatoms. The van der Waals surface area contributed by atoms with E-state index in [9.17, 15) is 4.79 Å². The van der Waals surface area contributed by atoms with Crippen LogP contribution in [0.4, 0.5) is 5.69 Å². The molecule has 25 heavy (non-hydrogen) atoms. The molecule has 1 saturated carbocycles. The van der Waals surface area contributed by atoms with Gasteiger partial charge in [-0.15, -0.1) is 0 Å². The van der Waals surface area contributed by atoms with Crippen molar-refractivity contribution in [3.8, 4) is 0 Å². The first-order valence-corrected chi connectivity index (χ1v) is 9.19. The molecule has 5 nitrogen and oxygen atoms in total. The van der Waals surface area contributed by atoms with Gasteiger partial charge < -0.3 is 19.9 Å². The van der Waals surface area contributed by atoms with Crippen LogP contribution in [0.3, 0.4) is 0 Å². The molecule has 1 aromatic carbocycles. The number of rotatable bonds is 3. The number of anilines is 1. The highest BCUT2D eigenvalue weighted by Crippen LogP contribution is 2.40. The number of carbonyl (C=O) groups excluding carboxylic acids is 1. The fourth-order valence-corrected chi connectivity index (χ4v) is 3.81. The summed E-state index contributed by atoms with van der Waals surface area (Å²) in [6.45, 7) is 10.9. The maximum atomic E-state index is 12.8. The second kappa shape index (κ2) is 5.24. The zero-order valence-corrected chi connectivity index (χ0v) is 15.8. The van der Waals surface area contributed by atoms with Gasteiger partial charge in [0, 0.05) is 18.3 Å². The molecule has 0 bridgehead atoms. The highest BCUT2D eigenvalue weighted by atomic mass is 16.7. The molecule has 134 valence electrons. The third-order valence-electron chi connectivity index (χ3n) is 6.41. The van der Waals surface area contributed by atoms with Crippen molar-refractivity contribution in [2.45, 2.75) is 71.2 Å². The van der Waals surface area contributed by atoms with E-state index in [1.807, 2.05) is 44.7 Å². The molecule has 1 saturated heterocycles. The van der Waals surface area contributed by atoms with Crippen LogP contribution in [0.5, 0.6) is 0 Å². The summed E-state index contributed by atoms with van der Waals surface area (Å²) >= 11 is 0. The largest absolute Gasteiger partial charge is 0.494 e. The molecule has 2 N–H and O–H groups in total. The second-order valence-corrected chi connectivity index (χ2v) is 8.74. The van der Waals surface area contributed by atoms with E-state index in [0.717, 1.165) is 11.0 Å². The van der Waals surface area contributed by atoms with Crippen molar-refractivity contribution in [3.63, 3.8) is 0 Å². The summed E-state index contributed by atoms with van der Waals surface area (Å²) in [5.74, 6) is 0.703. The molecule has 3 aliphatic rings. The molecule has 1 unspecified atom stereocenters. The summed E-state index contributed by atoms with van der Waals surface area (Å²) in [5.41, 5.74) is 8.54. The zero-order valence-electron chi connectivity index (χ0n) is 15.8. The van der Waals surface area contributed by atoms with Gasteiger partial charge in [0.1, 0.15) is 0 Å². The molecule has 4 rings (SSSR count). The minimum absolute atomic E-state index is 0.0624. The third-order valence-corrected chi connectivity index (χ3v) is 6.41. The van der Waals surface area contributed by atoms with Crippen LogP contribution in [0.2, 0.25) is 0 Å². The van der Waals surface area contributed by atoms with Crippen molar-refractivity contribution in [3.05, 3.63) is 23.3 Å². The van der Waals surface area contributed by atoms with E-state index in [4.69, 9.17) is 15.0 Å². The molecule has 2 fully saturated rings. The monoisotopic (exact) mass is 342 g/mol. The van der Waals surface area contributed by atoms with Crippen LogP contribution >= 0.6 is 0 Å². The normalized spacial score (nSPS) is 25.4. The minimum atomic E-state index is -0.456. The van der Waals surface area contributed by atoms with Crippen LogP contribution in [0.1, 0.15) is 63.4 Å². The first kappa shape index (κ1) is 16.9. The summed E-state index contributed by atoms with van der Waals surface area (Å²) in [6.07, 6.45) is 2.44. The topological polar surface area (TPSA) is 64.8 Å². The number of nitrogens with two attached hydrogens (primary N) is 1. The SMILES string of the molecule is CC(C1CC1)N1Cc2cc(B3OC(C)(C)C(C)(C)O3)cc(N)c2C1=O. The average Bonchev–Trinajstić information content (AvgIpc) is 3.25. The van der Waals surface area contributed by atoms with Gasteiger partial charge in [-0.2, -0.15) is 0 Å². The van der Waals surface area contributed by atoms with Gasteiger partial charge in [0.05, 0.1) is 16.8 Å². The fraction of sp³-hybridized carbons (Fsp3) is 0.632. The van der Waals surface area contributed by atoms with Crippen molar-refractivity contribution in [2.24, 2.45) is 5.92 Å². The Morgan fingerprint density at radius 3 is 2.36 bits per heavy atom. The van der Waals surface area contributed by atoms with Gasteiger partial charge in [0.15, 0.2) is 0 Å². The van der Waals surface area contributed by atoms with E-state index in [2.05, 4.69) is 6.92 Å². The number of nitrogen functional groups attached to an aromatic ring is 1. The summed E-state index contributed by atoms with van der Waals surface area (Å²) in [7, 11) is -0.456. The predicted octanol–water partition coefficient (Wildman–Crippen LogP) is 2.32. The number of amides is 1.